The van der Waals surface area contributed by atoms with Crippen LogP contribution < -0.4 is 5.32 Å². The van der Waals surface area contributed by atoms with E-state index in [1.807, 2.05) is 24.3 Å². The van der Waals surface area contributed by atoms with Gasteiger partial charge in [0.2, 0.25) is 0 Å². The number of halogens is 3. The first-order chi connectivity index (χ1) is 9.04. The van der Waals surface area contributed by atoms with Crippen LogP contribution in [-0.4, -0.2) is 0 Å². The normalized spacial score (nSPS) is 12.4. The Bertz CT molecular complexity index is 534. The van der Waals surface area contributed by atoms with Crippen molar-refractivity contribution in [2.75, 3.05) is 0 Å². The van der Waals surface area contributed by atoms with Gasteiger partial charge in [-0.1, -0.05) is 51.3 Å². The largest absolute Gasteiger partial charge is 0.306 e. The summed E-state index contributed by atoms with van der Waals surface area (Å²) in [7, 11) is 0. The van der Waals surface area contributed by atoms with E-state index in [4.69, 9.17) is 23.2 Å². The summed E-state index contributed by atoms with van der Waals surface area (Å²) in [5.41, 5.74) is 2.33. The molecule has 2 aromatic carbocycles. The van der Waals surface area contributed by atoms with Crippen molar-refractivity contribution in [2.24, 2.45) is 0 Å². The molecule has 0 aliphatic rings. The van der Waals surface area contributed by atoms with Crippen LogP contribution in [0.2, 0.25) is 10.0 Å². The molecule has 2 aromatic rings. The highest BCUT2D eigenvalue weighted by atomic mass is 79.9. The molecule has 0 saturated heterocycles. The van der Waals surface area contributed by atoms with Gasteiger partial charge in [-0.2, -0.15) is 0 Å². The van der Waals surface area contributed by atoms with E-state index in [0.29, 0.717) is 10.0 Å². The van der Waals surface area contributed by atoms with E-state index >= 15 is 0 Å². The lowest BCUT2D eigenvalue weighted by molar-refractivity contribution is 0.574. The van der Waals surface area contributed by atoms with Gasteiger partial charge < -0.3 is 5.32 Å². The topological polar surface area (TPSA) is 12.0 Å². The molecule has 1 N–H and O–H groups in total. The lowest BCUT2D eigenvalue weighted by Crippen LogP contribution is -2.18. The van der Waals surface area contributed by atoms with Gasteiger partial charge in [-0.15, -0.1) is 0 Å². The van der Waals surface area contributed by atoms with E-state index in [-0.39, 0.29) is 6.04 Å². The number of nitrogens with one attached hydrogen (secondary N) is 1. The predicted molar refractivity (Wildman–Crippen MR) is 85.9 cm³/mol. The van der Waals surface area contributed by atoms with Crippen molar-refractivity contribution in [3.63, 3.8) is 0 Å². The summed E-state index contributed by atoms with van der Waals surface area (Å²) in [5.74, 6) is 0. The van der Waals surface area contributed by atoms with Gasteiger partial charge in [0.1, 0.15) is 0 Å². The van der Waals surface area contributed by atoms with Crippen LogP contribution in [0.1, 0.15) is 24.1 Å². The molecule has 0 aliphatic heterocycles. The summed E-state index contributed by atoms with van der Waals surface area (Å²) in [5, 5.41) is 4.79. The third-order valence-corrected chi connectivity index (χ3v) is 3.87. The van der Waals surface area contributed by atoms with Crippen LogP contribution in [0.5, 0.6) is 0 Å². The molecule has 0 aliphatic carbocycles. The monoisotopic (exact) mass is 357 g/mol. The van der Waals surface area contributed by atoms with Crippen molar-refractivity contribution in [1.82, 2.24) is 5.32 Å². The first-order valence-electron chi connectivity index (χ1n) is 5.98. The molecular formula is C15H14BrCl2N. The third-order valence-electron chi connectivity index (χ3n) is 2.90. The fourth-order valence-corrected chi connectivity index (χ4v) is 2.69. The lowest BCUT2D eigenvalue weighted by Gasteiger charge is -2.14. The summed E-state index contributed by atoms with van der Waals surface area (Å²) >= 11 is 15.4. The van der Waals surface area contributed by atoms with Crippen molar-refractivity contribution >= 4 is 39.1 Å². The smallest absolute Gasteiger partial charge is 0.0424 e. The fourth-order valence-electron chi connectivity index (χ4n) is 1.85. The zero-order valence-corrected chi connectivity index (χ0v) is 13.6. The molecule has 0 heterocycles. The van der Waals surface area contributed by atoms with Gasteiger partial charge in [0.15, 0.2) is 0 Å². The zero-order chi connectivity index (χ0) is 13.8. The first-order valence-corrected chi connectivity index (χ1v) is 7.53. The number of rotatable bonds is 4. The van der Waals surface area contributed by atoms with Crippen molar-refractivity contribution < 1.29 is 0 Å². The first kappa shape index (κ1) is 14.9. The van der Waals surface area contributed by atoms with Crippen LogP contribution in [0.15, 0.2) is 46.9 Å². The Morgan fingerprint density at radius 2 is 1.63 bits per heavy atom. The quantitative estimate of drug-likeness (QED) is 0.749. The van der Waals surface area contributed by atoms with Gasteiger partial charge in [0.05, 0.1) is 0 Å². The van der Waals surface area contributed by atoms with Crippen LogP contribution >= 0.6 is 39.1 Å². The summed E-state index contributed by atoms with van der Waals surface area (Å²) in [6, 6.07) is 14.2. The molecule has 0 aromatic heterocycles. The van der Waals surface area contributed by atoms with Gasteiger partial charge in [-0.25, -0.2) is 0 Å². The molecule has 1 atom stereocenters. The van der Waals surface area contributed by atoms with Crippen molar-refractivity contribution in [3.8, 4) is 0 Å². The van der Waals surface area contributed by atoms with Gasteiger partial charge >= 0.3 is 0 Å². The highest BCUT2D eigenvalue weighted by molar-refractivity contribution is 9.10. The van der Waals surface area contributed by atoms with Gasteiger partial charge in [-0.3, -0.25) is 0 Å². The average molecular weight is 359 g/mol. The van der Waals surface area contributed by atoms with Gasteiger partial charge in [-0.05, 0) is 48.4 Å². The summed E-state index contributed by atoms with van der Waals surface area (Å²) in [6.45, 7) is 2.87. The highest BCUT2D eigenvalue weighted by Crippen LogP contribution is 2.20. The molecule has 0 unspecified atom stereocenters. The molecule has 0 radical (unpaired) electrons. The van der Waals surface area contributed by atoms with Gasteiger partial charge in [0, 0.05) is 27.1 Å². The Morgan fingerprint density at radius 1 is 1.05 bits per heavy atom. The molecule has 0 bridgehead atoms. The van der Waals surface area contributed by atoms with Crippen molar-refractivity contribution in [3.05, 3.63) is 68.1 Å². The van der Waals surface area contributed by atoms with E-state index in [1.54, 1.807) is 6.07 Å². The molecule has 2 rings (SSSR count). The van der Waals surface area contributed by atoms with E-state index in [2.05, 4.69) is 40.3 Å². The van der Waals surface area contributed by atoms with Crippen LogP contribution in [0, 0.1) is 0 Å². The minimum absolute atomic E-state index is 0.269. The standard InChI is InChI=1S/C15H14BrCl2N/c1-10(12-2-4-13(16)5-3-12)19-9-11-6-14(17)8-15(18)7-11/h2-8,10,19H,9H2,1H3/t10-/m1/s1. The average Bonchev–Trinajstić information content (AvgIpc) is 2.36. The Balaban J connectivity index is 1.99. The molecule has 0 amide bonds. The Hall–Kier alpha value is -0.540. The van der Waals surface area contributed by atoms with Crippen LogP contribution in [0.3, 0.4) is 0 Å². The van der Waals surface area contributed by atoms with E-state index in [1.165, 1.54) is 5.56 Å². The maximum atomic E-state index is 5.98. The Morgan fingerprint density at radius 3 is 2.21 bits per heavy atom. The van der Waals surface area contributed by atoms with Crippen LogP contribution in [0.25, 0.3) is 0 Å². The summed E-state index contributed by atoms with van der Waals surface area (Å²) in [6.07, 6.45) is 0. The van der Waals surface area contributed by atoms with Crippen LogP contribution in [0.4, 0.5) is 0 Å². The van der Waals surface area contributed by atoms with Crippen molar-refractivity contribution in [1.29, 1.82) is 0 Å². The third kappa shape index (κ3) is 4.50. The molecule has 4 heteroatoms. The molecule has 0 spiro atoms. The molecule has 0 fully saturated rings. The summed E-state index contributed by atoms with van der Waals surface area (Å²) in [4.78, 5) is 0. The van der Waals surface area contributed by atoms with E-state index in [0.717, 1.165) is 16.6 Å². The second-order valence-corrected chi connectivity index (χ2v) is 6.22. The lowest BCUT2D eigenvalue weighted by atomic mass is 10.1. The number of hydrogen-bond acceptors (Lipinski definition) is 1. The molecule has 100 valence electrons. The zero-order valence-electron chi connectivity index (χ0n) is 10.5. The SMILES string of the molecule is C[C@@H](NCc1cc(Cl)cc(Cl)c1)c1ccc(Br)cc1. The maximum absolute atomic E-state index is 5.98. The molecule has 19 heavy (non-hydrogen) atoms. The highest BCUT2D eigenvalue weighted by Gasteiger charge is 2.05. The number of benzene rings is 2. The molecular weight excluding hydrogens is 345 g/mol. The Labute approximate surface area is 132 Å². The second kappa shape index (κ2) is 6.76. The Kier molecular flexibility index (Phi) is 5.28. The van der Waals surface area contributed by atoms with E-state index < -0.39 is 0 Å². The summed E-state index contributed by atoms with van der Waals surface area (Å²) < 4.78 is 1.09. The minimum atomic E-state index is 0.269. The fraction of sp³-hybridized carbons (Fsp3) is 0.200. The van der Waals surface area contributed by atoms with Crippen molar-refractivity contribution in [2.45, 2.75) is 19.5 Å². The predicted octanol–water partition coefficient (Wildman–Crippen LogP) is 5.61. The number of hydrogen-bond donors (Lipinski definition) is 1. The van der Waals surface area contributed by atoms with E-state index in [9.17, 15) is 0 Å². The van der Waals surface area contributed by atoms with Crippen LogP contribution in [-0.2, 0) is 6.54 Å². The second-order valence-electron chi connectivity index (χ2n) is 4.43. The minimum Gasteiger partial charge on any atom is -0.306 e. The maximum Gasteiger partial charge on any atom is 0.0424 e. The van der Waals surface area contributed by atoms with Gasteiger partial charge in [0.25, 0.3) is 0 Å². The molecule has 1 nitrogen and oxygen atoms in total. The molecule has 0 saturated carbocycles.